The molecule has 0 bridgehead atoms. The Bertz CT molecular complexity index is 692. The van der Waals surface area contributed by atoms with E-state index in [-0.39, 0.29) is 30.8 Å². The molecule has 0 aliphatic carbocycles. The van der Waals surface area contributed by atoms with Crippen LogP contribution in [0.3, 0.4) is 0 Å². The van der Waals surface area contributed by atoms with Gasteiger partial charge in [-0.05, 0) is 31.0 Å². The monoisotopic (exact) mass is 375 g/mol. The lowest BCUT2D eigenvalue weighted by Crippen LogP contribution is -2.41. The molecule has 3 heterocycles. The van der Waals surface area contributed by atoms with Crippen LogP contribution in [0.15, 0.2) is 18.2 Å². The molecule has 0 N–H and O–H groups in total. The van der Waals surface area contributed by atoms with Gasteiger partial charge in [0.25, 0.3) is 0 Å². The Labute approximate surface area is 158 Å². The van der Waals surface area contributed by atoms with E-state index in [9.17, 15) is 9.59 Å². The summed E-state index contributed by atoms with van der Waals surface area (Å²) in [7, 11) is 0. The van der Waals surface area contributed by atoms with Gasteiger partial charge in [0.1, 0.15) is 13.2 Å². The number of carbonyl (C=O) groups excluding carboxylic acids is 2. The molecule has 0 saturated carbocycles. The highest BCUT2D eigenvalue weighted by Crippen LogP contribution is 2.31. The van der Waals surface area contributed by atoms with Crippen LogP contribution in [-0.2, 0) is 14.3 Å². The average molecular weight is 375 g/mol. The van der Waals surface area contributed by atoms with Crippen molar-refractivity contribution in [2.75, 3.05) is 39.5 Å². The summed E-state index contributed by atoms with van der Waals surface area (Å²) in [6.07, 6.45) is 2.08. The van der Waals surface area contributed by atoms with E-state index >= 15 is 0 Å². The number of Topliss-reactive ketones (excluding diaryl/α,β-unsaturated/α-hetero) is 1. The Morgan fingerprint density at radius 3 is 2.37 bits per heavy atom. The van der Waals surface area contributed by atoms with Crippen molar-refractivity contribution in [2.24, 2.45) is 5.92 Å². The van der Waals surface area contributed by atoms with E-state index < -0.39 is 0 Å². The third-order valence-electron chi connectivity index (χ3n) is 5.35. The summed E-state index contributed by atoms with van der Waals surface area (Å²) in [5.41, 5.74) is 0.557. The van der Waals surface area contributed by atoms with Crippen LogP contribution in [0.1, 0.15) is 36.0 Å². The van der Waals surface area contributed by atoms with E-state index in [1.165, 1.54) is 0 Å². The Morgan fingerprint density at radius 1 is 0.926 bits per heavy atom. The molecule has 146 valence electrons. The van der Waals surface area contributed by atoms with Gasteiger partial charge in [-0.2, -0.15) is 0 Å². The molecule has 2 fully saturated rings. The molecule has 1 aromatic carbocycles. The fraction of sp³-hybridized carbons (Fsp3) is 0.600. The first-order valence-electron chi connectivity index (χ1n) is 9.64. The summed E-state index contributed by atoms with van der Waals surface area (Å²) in [6.45, 7) is 3.72. The zero-order chi connectivity index (χ0) is 18.6. The van der Waals surface area contributed by atoms with Crippen LogP contribution in [0.5, 0.6) is 11.5 Å². The van der Waals surface area contributed by atoms with Gasteiger partial charge in [-0.15, -0.1) is 0 Å². The maximum atomic E-state index is 12.5. The first-order valence-corrected chi connectivity index (χ1v) is 9.64. The second-order valence-corrected chi connectivity index (χ2v) is 7.11. The molecule has 1 aromatic rings. The molecule has 0 unspecified atom stereocenters. The van der Waals surface area contributed by atoms with Crippen molar-refractivity contribution < 1.29 is 28.5 Å². The minimum atomic E-state index is -0.112. The van der Waals surface area contributed by atoms with Gasteiger partial charge in [-0.3, -0.25) is 9.59 Å². The van der Waals surface area contributed by atoms with Crippen LogP contribution in [0.2, 0.25) is 0 Å². The normalized spacial score (nSPS) is 20.7. The van der Waals surface area contributed by atoms with Crippen LogP contribution < -0.4 is 9.47 Å². The molecule has 27 heavy (non-hydrogen) atoms. The molecular formula is C20H25NO6. The Morgan fingerprint density at radius 2 is 1.63 bits per heavy atom. The Hall–Kier alpha value is -2.12. The van der Waals surface area contributed by atoms with E-state index in [1.807, 2.05) is 4.90 Å². The summed E-state index contributed by atoms with van der Waals surface area (Å²) >= 11 is 0. The third-order valence-corrected chi connectivity index (χ3v) is 5.35. The number of hydrogen-bond acceptors (Lipinski definition) is 6. The molecule has 1 amide bonds. The van der Waals surface area contributed by atoms with Gasteiger partial charge in [0, 0.05) is 37.4 Å². The number of ether oxygens (including phenoxy) is 4. The highest BCUT2D eigenvalue weighted by Gasteiger charge is 2.31. The highest BCUT2D eigenvalue weighted by molar-refractivity contribution is 5.98. The number of ketones is 1. The number of carbonyl (C=O) groups is 2. The largest absolute Gasteiger partial charge is 0.486 e. The molecule has 0 aromatic heterocycles. The van der Waals surface area contributed by atoms with Crippen molar-refractivity contribution in [3.05, 3.63) is 23.8 Å². The van der Waals surface area contributed by atoms with E-state index in [4.69, 9.17) is 18.9 Å². The number of piperidine rings is 1. The Kier molecular flexibility index (Phi) is 5.59. The van der Waals surface area contributed by atoms with E-state index in [1.54, 1.807) is 18.2 Å². The first kappa shape index (κ1) is 18.3. The zero-order valence-corrected chi connectivity index (χ0v) is 15.4. The fourth-order valence-electron chi connectivity index (χ4n) is 3.81. The van der Waals surface area contributed by atoms with Gasteiger partial charge in [-0.1, -0.05) is 0 Å². The van der Waals surface area contributed by atoms with Crippen molar-refractivity contribution in [3.63, 3.8) is 0 Å². The maximum absolute atomic E-state index is 12.5. The Balaban J connectivity index is 1.25. The maximum Gasteiger partial charge on any atom is 0.223 e. The minimum Gasteiger partial charge on any atom is -0.486 e. The third kappa shape index (κ3) is 4.25. The predicted molar refractivity (Wildman–Crippen MR) is 96.0 cm³/mol. The molecule has 4 rings (SSSR count). The molecule has 3 aliphatic rings. The summed E-state index contributed by atoms with van der Waals surface area (Å²) < 4.78 is 22.1. The lowest BCUT2D eigenvalue weighted by Gasteiger charge is -2.33. The SMILES string of the molecule is O=C(CCC(=O)N1CCC(C2OCCO2)CC1)c1ccc2c(c1)OCCO2. The second-order valence-electron chi connectivity index (χ2n) is 7.11. The zero-order valence-electron chi connectivity index (χ0n) is 15.4. The number of rotatable bonds is 5. The molecule has 3 aliphatic heterocycles. The number of amides is 1. The predicted octanol–water partition coefficient (Wildman–Crippen LogP) is 2.03. The van der Waals surface area contributed by atoms with Crippen molar-refractivity contribution in [2.45, 2.75) is 32.0 Å². The number of benzene rings is 1. The van der Waals surface area contributed by atoms with Crippen molar-refractivity contribution in [3.8, 4) is 11.5 Å². The second kappa shape index (κ2) is 8.27. The van der Waals surface area contributed by atoms with Gasteiger partial charge in [0.2, 0.25) is 5.91 Å². The van der Waals surface area contributed by atoms with Crippen LogP contribution in [0.4, 0.5) is 0 Å². The van der Waals surface area contributed by atoms with Crippen LogP contribution in [0, 0.1) is 5.92 Å². The van der Waals surface area contributed by atoms with Crippen LogP contribution in [-0.4, -0.2) is 62.4 Å². The highest BCUT2D eigenvalue weighted by atomic mass is 16.7. The van der Waals surface area contributed by atoms with Gasteiger partial charge >= 0.3 is 0 Å². The summed E-state index contributed by atoms with van der Waals surface area (Å²) in [5, 5.41) is 0. The van der Waals surface area contributed by atoms with E-state index in [2.05, 4.69) is 0 Å². The lowest BCUT2D eigenvalue weighted by atomic mass is 9.95. The summed E-state index contributed by atoms with van der Waals surface area (Å²) in [6, 6.07) is 5.18. The molecule has 0 radical (unpaired) electrons. The fourth-order valence-corrected chi connectivity index (χ4v) is 3.81. The summed E-state index contributed by atoms with van der Waals surface area (Å²) in [5.74, 6) is 1.59. The quantitative estimate of drug-likeness (QED) is 0.733. The molecule has 0 spiro atoms. The average Bonchev–Trinajstić information content (AvgIpc) is 3.26. The molecule has 2 saturated heterocycles. The minimum absolute atomic E-state index is 0.0348. The first-order chi connectivity index (χ1) is 13.2. The molecular weight excluding hydrogens is 350 g/mol. The number of nitrogens with zero attached hydrogens (tertiary/aromatic N) is 1. The lowest BCUT2D eigenvalue weighted by molar-refractivity contribution is -0.136. The summed E-state index contributed by atoms with van der Waals surface area (Å²) in [4.78, 5) is 26.8. The molecule has 0 atom stereocenters. The number of fused-ring (bicyclic) bond motifs is 1. The number of likely N-dealkylation sites (tertiary alicyclic amines) is 1. The number of hydrogen-bond donors (Lipinski definition) is 0. The van der Waals surface area contributed by atoms with Crippen molar-refractivity contribution in [1.29, 1.82) is 0 Å². The van der Waals surface area contributed by atoms with Crippen molar-refractivity contribution >= 4 is 11.7 Å². The van der Waals surface area contributed by atoms with Crippen LogP contribution in [0.25, 0.3) is 0 Å². The van der Waals surface area contributed by atoms with E-state index in [0.29, 0.717) is 62.5 Å². The van der Waals surface area contributed by atoms with Gasteiger partial charge in [0.05, 0.1) is 13.2 Å². The van der Waals surface area contributed by atoms with Crippen molar-refractivity contribution in [1.82, 2.24) is 4.90 Å². The van der Waals surface area contributed by atoms with Gasteiger partial charge in [0.15, 0.2) is 23.6 Å². The van der Waals surface area contributed by atoms with E-state index in [0.717, 1.165) is 12.8 Å². The molecule has 7 nitrogen and oxygen atoms in total. The van der Waals surface area contributed by atoms with Gasteiger partial charge < -0.3 is 23.8 Å². The smallest absolute Gasteiger partial charge is 0.223 e. The van der Waals surface area contributed by atoms with Crippen LogP contribution >= 0.6 is 0 Å². The molecule has 7 heteroatoms. The topological polar surface area (TPSA) is 74.3 Å². The standard InChI is InChI=1S/C20H25NO6/c22-16(15-1-3-17-18(13-15)25-10-9-24-17)2-4-19(23)21-7-5-14(6-8-21)20-26-11-12-27-20/h1,3,13-14,20H,2,4-12H2. The van der Waals surface area contributed by atoms with Gasteiger partial charge in [-0.25, -0.2) is 0 Å².